The Morgan fingerprint density at radius 2 is 1.80 bits per heavy atom. The van der Waals surface area contributed by atoms with Gasteiger partial charge in [0.2, 0.25) is 10.0 Å². The number of carbonyl (C=O) groups is 1. The van der Waals surface area contributed by atoms with Crippen LogP contribution in [0, 0.1) is 0 Å². The molecule has 25 heavy (non-hydrogen) atoms. The first-order valence-electron chi connectivity index (χ1n) is 8.03. The van der Waals surface area contributed by atoms with Gasteiger partial charge in [0.25, 0.3) is 0 Å². The Hall–Kier alpha value is -2.38. The normalized spacial score (nSPS) is 14.3. The van der Waals surface area contributed by atoms with Crippen LogP contribution in [-0.4, -0.2) is 44.3 Å². The van der Waals surface area contributed by atoms with E-state index >= 15 is 0 Å². The van der Waals surface area contributed by atoms with E-state index in [0.717, 1.165) is 16.8 Å². The summed E-state index contributed by atoms with van der Waals surface area (Å²) in [6.45, 7) is 0.996. The molecule has 0 radical (unpaired) electrons. The van der Waals surface area contributed by atoms with Gasteiger partial charge in [0.05, 0.1) is 4.90 Å². The topological polar surface area (TPSA) is 69.7 Å². The van der Waals surface area contributed by atoms with Crippen LogP contribution in [-0.2, 0) is 23.0 Å². The fraction of sp³-hybridized carbons (Fsp3) is 0.278. The van der Waals surface area contributed by atoms with E-state index in [1.807, 2.05) is 36.4 Å². The molecular weight excluding hydrogens is 338 g/mol. The minimum atomic E-state index is -3.48. The van der Waals surface area contributed by atoms with Crippen LogP contribution in [0.3, 0.4) is 0 Å². The highest BCUT2D eigenvalue weighted by Crippen LogP contribution is 2.24. The van der Waals surface area contributed by atoms with E-state index in [1.54, 1.807) is 17.0 Å². The Bertz CT molecular complexity index is 880. The largest absolute Gasteiger partial charge is 0.322 e. The van der Waals surface area contributed by atoms with Crippen molar-refractivity contribution in [2.24, 2.45) is 0 Å². The lowest BCUT2D eigenvalue weighted by atomic mass is 10.0. The quantitative estimate of drug-likeness (QED) is 0.915. The van der Waals surface area contributed by atoms with E-state index < -0.39 is 10.0 Å². The Morgan fingerprint density at radius 1 is 1.08 bits per heavy atom. The average Bonchev–Trinajstić information content (AvgIpc) is 2.61. The molecule has 3 rings (SSSR count). The minimum Gasteiger partial charge on any atom is -0.320 e. The zero-order valence-electron chi connectivity index (χ0n) is 14.3. The summed E-state index contributed by atoms with van der Waals surface area (Å²) in [5, 5.41) is 2.87. The number of hydrogen-bond donors (Lipinski definition) is 1. The molecule has 1 heterocycles. The van der Waals surface area contributed by atoms with Crippen LogP contribution in [0.2, 0.25) is 0 Å². The Kier molecular flexibility index (Phi) is 4.78. The lowest BCUT2D eigenvalue weighted by Crippen LogP contribution is -2.39. The van der Waals surface area contributed by atoms with E-state index in [4.69, 9.17) is 0 Å². The minimum absolute atomic E-state index is 0.183. The molecule has 1 aliphatic rings. The summed E-state index contributed by atoms with van der Waals surface area (Å²) in [7, 11) is -0.466. The van der Waals surface area contributed by atoms with Gasteiger partial charge in [-0.2, -0.15) is 0 Å². The molecule has 1 aliphatic heterocycles. The molecule has 2 aromatic carbocycles. The lowest BCUT2D eigenvalue weighted by Gasteiger charge is -2.29. The van der Waals surface area contributed by atoms with Crippen molar-refractivity contribution in [1.82, 2.24) is 9.21 Å². The molecule has 2 aromatic rings. The number of sulfonamides is 1. The molecular formula is C18H21N3O3S. The number of nitrogens with one attached hydrogen (secondary N) is 1. The number of fused-ring (bicyclic) bond motifs is 1. The highest BCUT2D eigenvalue weighted by atomic mass is 32.2. The second kappa shape index (κ2) is 6.85. The molecule has 6 nitrogen and oxygen atoms in total. The standard InChI is InChI=1S/C18H21N3O3S/c1-20(2)25(23,24)17-9-8-14-10-11-21(13-15(14)12-17)18(22)19-16-6-4-3-5-7-16/h3-9,12H,10-11,13H2,1-2H3,(H,19,22). The smallest absolute Gasteiger partial charge is 0.320 e. The molecule has 0 unspecified atom stereocenters. The van der Waals surface area contributed by atoms with Gasteiger partial charge in [0.15, 0.2) is 0 Å². The molecule has 0 atom stereocenters. The van der Waals surface area contributed by atoms with Crippen LogP contribution in [0.15, 0.2) is 53.4 Å². The van der Waals surface area contributed by atoms with Gasteiger partial charge in [-0.05, 0) is 41.8 Å². The number of benzene rings is 2. The maximum absolute atomic E-state index is 12.5. The van der Waals surface area contributed by atoms with Gasteiger partial charge in [-0.15, -0.1) is 0 Å². The molecule has 0 saturated carbocycles. The molecule has 0 aromatic heterocycles. The molecule has 0 saturated heterocycles. The van der Waals surface area contributed by atoms with Crippen LogP contribution in [0.4, 0.5) is 10.5 Å². The van der Waals surface area contributed by atoms with Gasteiger partial charge in [-0.1, -0.05) is 24.3 Å². The summed E-state index contributed by atoms with van der Waals surface area (Å²) in [6, 6.07) is 14.2. The van der Waals surface area contributed by atoms with Crippen molar-refractivity contribution in [2.75, 3.05) is 26.0 Å². The molecule has 1 N–H and O–H groups in total. The van der Waals surface area contributed by atoms with Crippen molar-refractivity contribution in [1.29, 1.82) is 0 Å². The molecule has 7 heteroatoms. The van der Waals surface area contributed by atoms with Crippen LogP contribution in [0.5, 0.6) is 0 Å². The summed E-state index contributed by atoms with van der Waals surface area (Å²) in [4.78, 5) is 14.4. The summed E-state index contributed by atoms with van der Waals surface area (Å²) >= 11 is 0. The van der Waals surface area contributed by atoms with E-state index in [2.05, 4.69) is 5.32 Å². The summed E-state index contributed by atoms with van der Waals surface area (Å²) < 4.78 is 25.8. The van der Waals surface area contributed by atoms with Crippen molar-refractivity contribution < 1.29 is 13.2 Å². The van der Waals surface area contributed by atoms with Gasteiger partial charge in [0.1, 0.15) is 0 Å². The summed E-state index contributed by atoms with van der Waals surface area (Å²) in [5.74, 6) is 0. The zero-order valence-corrected chi connectivity index (χ0v) is 15.1. The van der Waals surface area contributed by atoms with Crippen molar-refractivity contribution >= 4 is 21.7 Å². The molecule has 0 aliphatic carbocycles. The molecule has 0 bridgehead atoms. The SMILES string of the molecule is CN(C)S(=O)(=O)c1ccc2c(c1)CN(C(=O)Nc1ccccc1)CC2. The van der Waals surface area contributed by atoms with Gasteiger partial charge in [0, 0.05) is 32.9 Å². The van der Waals surface area contributed by atoms with Crippen molar-refractivity contribution in [3.63, 3.8) is 0 Å². The Balaban J connectivity index is 1.79. The van der Waals surface area contributed by atoms with Crippen LogP contribution in [0.25, 0.3) is 0 Å². The second-order valence-electron chi connectivity index (χ2n) is 6.19. The van der Waals surface area contributed by atoms with E-state index in [0.29, 0.717) is 19.5 Å². The maximum atomic E-state index is 12.5. The summed E-state index contributed by atoms with van der Waals surface area (Å²) in [6.07, 6.45) is 0.708. The van der Waals surface area contributed by atoms with Crippen molar-refractivity contribution in [3.05, 3.63) is 59.7 Å². The highest BCUT2D eigenvalue weighted by Gasteiger charge is 2.24. The van der Waals surface area contributed by atoms with Crippen LogP contribution < -0.4 is 5.32 Å². The first kappa shape index (κ1) is 17.4. The maximum Gasteiger partial charge on any atom is 0.322 e. The van der Waals surface area contributed by atoms with Crippen LogP contribution in [0.1, 0.15) is 11.1 Å². The second-order valence-corrected chi connectivity index (χ2v) is 8.34. The number of rotatable bonds is 3. The number of para-hydroxylation sites is 1. The number of nitrogens with zero attached hydrogens (tertiary/aromatic N) is 2. The summed E-state index contributed by atoms with van der Waals surface area (Å²) in [5.41, 5.74) is 2.70. The monoisotopic (exact) mass is 359 g/mol. The van der Waals surface area contributed by atoms with E-state index in [1.165, 1.54) is 18.4 Å². The Labute approximate surface area is 148 Å². The van der Waals surface area contributed by atoms with Crippen LogP contribution >= 0.6 is 0 Å². The third kappa shape index (κ3) is 3.67. The third-order valence-electron chi connectivity index (χ3n) is 4.28. The van der Waals surface area contributed by atoms with E-state index in [-0.39, 0.29) is 10.9 Å². The predicted molar refractivity (Wildman–Crippen MR) is 96.9 cm³/mol. The number of carbonyl (C=O) groups excluding carboxylic acids is 1. The highest BCUT2D eigenvalue weighted by molar-refractivity contribution is 7.89. The van der Waals surface area contributed by atoms with Gasteiger partial charge < -0.3 is 10.2 Å². The fourth-order valence-electron chi connectivity index (χ4n) is 2.80. The zero-order chi connectivity index (χ0) is 18.0. The number of urea groups is 1. The number of hydrogen-bond acceptors (Lipinski definition) is 3. The van der Waals surface area contributed by atoms with Crippen molar-refractivity contribution in [2.45, 2.75) is 17.9 Å². The first-order valence-corrected chi connectivity index (χ1v) is 9.47. The number of anilines is 1. The molecule has 2 amide bonds. The molecule has 0 fully saturated rings. The predicted octanol–water partition coefficient (Wildman–Crippen LogP) is 2.53. The lowest BCUT2D eigenvalue weighted by molar-refractivity contribution is 0.206. The van der Waals surface area contributed by atoms with Gasteiger partial charge in [-0.3, -0.25) is 0 Å². The van der Waals surface area contributed by atoms with Gasteiger partial charge >= 0.3 is 6.03 Å². The molecule has 0 spiro atoms. The number of amides is 2. The fourth-order valence-corrected chi connectivity index (χ4v) is 3.75. The van der Waals surface area contributed by atoms with E-state index in [9.17, 15) is 13.2 Å². The Morgan fingerprint density at radius 3 is 2.48 bits per heavy atom. The third-order valence-corrected chi connectivity index (χ3v) is 6.09. The van der Waals surface area contributed by atoms with Crippen molar-refractivity contribution in [3.8, 4) is 0 Å². The average molecular weight is 359 g/mol. The first-order chi connectivity index (χ1) is 11.9. The van der Waals surface area contributed by atoms with Gasteiger partial charge in [-0.25, -0.2) is 17.5 Å². The molecule has 132 valence electrons.